The van der Waals surface area contributed by atoms with Crippen LogP contribution in [0.15, 0.2) is 12.5 Å². The summed E-state index contributed by atoms with van der Waals surface area (Å²) in [6.07, 6.45) is -0.176. The maximum absolute atomic E-state index is 14.3. The van der Waals surface area contributed by atoms with Gasteiger partial charge in [-0.3, -0.25) is 62.3 Å². The Morgan fingerprint density at radius 2 is 0.987 bits per heavy atom. The molecule has 10 amide bonds. The maximum Gasteiger partial charge on any atom is 0.322 e. The van der Waals surface area contributed by atoms with Crippen molar-refractivity contribution in [1.29, 1.82) is 0 Å². The predicted octanol–water partition coefficient (Wildman–Crippen LogP) is -5.17. The third-order valence-corrected chi connectivity index (χ3v) is 12.4. The van der Waals surface area contributed by atoms with Gasteiger partial charge in [0.05, 0.1) is 19.0 Å². The highest BCUT2D eigenvalue weighted by atomic mass is 16.4. The molecule has 444 valence electrons. The van der Waals surface area contributed by atoms with E-state index in [0.717, 1.165) is 0 Å². The molecule has 0 spiro atoms. The molecule has 79 heavy (non-hydrogen) atoms. The highest BCUT2D eigenvalue weighted by molar-refractivity contribution is 5.99. The molecule has 0 fully saturated rings. The lowest BCUT2D eigenvalue weighted by Gasteiger charge is -2.29. The number of nitrogens with one attached hydrogen (secondary N) is 10. The van der Waals surface area contributed by atoms with Crippen molar-refractivity contribution in [2.24, 2.45) is 35.0 Å². The number of carbonyl (C=O) groups is 13. The first-order valence-electron chi connectivity index (χ1n) is 25.7. The van der Waals surface area contributed by atoms with Crippen LogP contribution in [0.2, 0.25) is 0 Å². The van der Waals surface area contributed by atoms with E-state index in [9.17, 15) is 77.6 Å². The molecule has 10 atom stereocenters. The molecule has 0 unspecified atom stereocenters. The van der Waals surface area contributed by atoms with Crippen LogP contribution in [0.3, 0.4) is 0 Å². The summed E-state index contributed by atoms with van der Waals surface area (Å²) in [5.41, 5.74) is 17.2. The summed E-state index contributed by atoms with van der Waals surface area (Å²) >= 11 is 0. The molecule has 1 aromatic rings. The number of H-pyrrole nitrogens is 1. The van der Waals surface area contributed by atoms with Gasteiger partial charge < -0.3 is 90.5 Å². The molecule has 1 heterocycles. The first-order valence-corrected chi connectivity index (χ1v) is 25.7. The summed E-state index contributed by atoms with van der Waals surface area (Å²) in [5.74, 6) is -15.6. The standard InChI is InChI=1S/C48H80N14O17/c1-7-25(6)39(47(78)53-20-36(69)70)62-42(73)27(10-8-9-17-49)58-48(79)38(24(4)5)61-43(74)28(11-14-33(50)64)55-44(75)31(18-26-19-52-22-54-26)59-40(71)29(12-15-34(65)66)56-45(76)32(21-63)60-41(72)30(13-16-35(67)68)57-46(77)37(51)23(2)3/h19,22-25,27-32,37-39,63H,7-18,20-21,49,51H2,1-6H3,(H2,50,64)(H,52,54)(H,53,78)(H,55,75)(H,56,76)(H,57,77)(H,58,79)(H,59,71)(H,60,72)(H,61,74)(H,62,73)(H,65,66)(H,67,68)(H,69,70)/t25-,27-,28-,29-,30-,31-,32-,37-,38-,39-/m0/s1. The second kappa shape index (κ2) is 35.6. The van der Waals surface area contributed by atoms with Crippen LogP contribution in [0.25, 0.3) is 0 Å². The Labute approximate surface area is 456 Å². The smallest absolute Gasteiger partial charge is 0.322 e. The molecule has 0 aliphatic heterocycles. The van der Waals surface area contributed by atoms with Gasteiger partial charge in [0.2, 0.25) is 59.1 Å². The van der Waals surface area contributed by atoms with Crippen molar-refractivity contribution in [2.45, 2.75) is 167 Å². The number of imidazole rings is 1. The van der Waals surface area contributed by atoms with Crippen molar-refractivity contribution in [1.82, 2.24) is 57.8 Å². The number of nitrogens with zero attached hydrogens (tertiary/aromatic N) is 1. The first kappa shape index (κ1) is 69.2. The third-order valence-electron chi connectivity index (χ3n) is 12.4. The molecular weight excluding hydrogens is 1040 g/mol. The zero-order chi connectivity index (χ0) is 60.1. The maximum atomic E-state index is 14.3. The molecule has 0 radical (unpaired) electrons. The van der Waals surface area contributed by atoms with Gasteiger partial charge in [0.15, 0.2) is 0 Å². The minimum Gasteiger partial charge on any atom is -0.481 e. The molecule has 20 N–H and O–H groups in total. The van der Waals surface area contributed by atoms with E-state index in [4.69, 9.17) is 22.3 Å². The Morgan fingerprint density at radius 1 is 0.544 bits per heavy atom. The van der Waals surface area contributed by atoms with Crippen LogP contribution in [-0.2, 0) is 68.7 Å². The second-order valence-electron chi connectivity index (χ2n) is 19.5. The van der Waals surface area contributed by atoms with Gasteiger partial charge in [-0.25, -0.2) is 4.98 Å². The average Bonchev–Trinajstić information content (AvgIpc) is 3.90. The number of rotatable bonds is 39. The lowest BCUT2D eigenvalue weighted by atomic mass is 9.97. The largest absolute Gasteiger partial charge is 0.481 e. The zero-order valence-corrected chi connectivity index (χ0v) is 45.3. The van der Waals surface area contributed by atoms with Gasteiger partial charge in [-0.05, 0) is 62.8 Å². The van der Waals surface area contributed by atoms with Gasteiger partial charge in [-0.1, -0.05) is 48.0 Å². The molecule has 1 aromatic heterocycles. The van der Waals surface area contributed by atoms with Gasteiger partial charge in [0, 0.05) is 37.6 Å². The van der Waals surface area contributed by atoms with Crippen molar-refractivity contribution in [3.8, 4) is 0 Å². The lowest BCUT2D eigenvalue weighted by Crippen LogP contribution is -2.61. The van der Waals surface area contributed by atoms with E-state index in [0.29, 0.717) is 19.3 Å². The normalized spacial score (nSPS) is 14.9. The topological polar surface area (TPSA) is 518 Å². The molecule has 0 saturated heterocycles. The Balaban J connectivity index is 3.57. The van der Waals surface area contributed by atoms with E-state index in [1.54, 1.807) is 41.5 Å². The number of carboxylic acids is 3. The van der Waals surface area contributed by atoms with Gasteiger partial charge in [-0.15, -0.1) is 0 Å². The predicted molar refractivity (Wildman–Crippen MR) is 278 cm³/mol. The number of amides is 10. The number of aliphatic hydroxyl groups is 1. The van der Waals surface area contributed by atoms with Crippen LogP contribution in [0.5, 0.6) is 0 Å². The monoisotopic (exact) mass is 1120 g/mol. The summed E-state index contributed by atoms with van der Waals surface area (Å²) < 4.78 is 0. The van der Waals surface area contributed by atoms with Gasteiger partial charge in [0.1, 0.15) is 54.9 Å². The Hall–Kier alpha value is -7.80. The Morgan fingerprint density at radius 3 is 1.43 bits per heavy atom. The molecule has 0 saturated carbocycles. The number of primary amides is 1. The number of carboxylic acid groups (broad SMARTS) is 3. The van der Waals surface area contributed by atoms with Crippen LogP contribution < -0.4 is 65.1 Å². The molecule has 0 aliphatic carbocycles. The molecular formula is C48H80N14O17. The lowest BCUT2D eigenvalue weighted by molar-refractivity contribution is -0.139. The summed E-state index contributed by atoms with van der Waals surface area (Å²) in [5, 5.41) is 59.6. The number of unbranched alkanes of at least 4 members (excludes halogenated alkanes) is 1. The number of aromatic amines is 1. The van der Waals surface area contributed by atoms with Crippen LogP contribution in [0.1, 0.15) is 111 Å². The molecule has 0 bridgehead atoms. The SMILES string of the molecule is CC[C@H](C)[C@H](NC(=O)[C@H](CCCCN)NC(=O)[C@@H](NC(=O)[C@H](CCC(N)=O)NC(=O)[C@H](Cc1cnc[nH]1)NC(=O)[C@H](CCC(=O)O)NC(=O)[C@H](CO)NC(=O)[C@H](CCC(=O)O)NC(=O)[C@@H](N)C(C)C)C(C)C)C(=O)NCC(=O)O. The van der Waals surface area contributed by atoms with Crippen molar-refractivity contribution >= 4 is 77.0 Å². The minimum atomic E-state index is -1.88. The van der Waals surface area contributed by atoms with E-state index >= 15 is 0 Å². The number of carbonyl (C=O) groups excluding carboxylic acids is 10. The number of hydrogen-bond acceptors (Lipinski definition) is 17. The minimum absolute atomic E-state index is 0.0176. The van der Waals surface area contributed by atoms with E-state index in [1.807, 2.05) is 0 Å². The van der Waals surface area contributed by atoms with E-state index in [-0.39, 0.29) is 18.7 Å². The number of aromatic nitrogens is 2. The summed E-state index contributed by atoms with van der Waals surface area (Å²) in [4.78, 5) is 176. The quantitative estimate of drug-likeness (QED) is 0.0274. The van der Waals surface area contributed by atoms with Crippen molar-refractivity contribution in [3.63, 3.8) is 0 Å². The van der Waals surface area contributed by atoms with Crippen molar-refractivity contribution < 1.29 is 82.8 Å². The summed E-state index contributed by atoms with van der Waals surface area (Å²) in [6.45, 7) is 8.11. The fraction of sp³-hybridized carbons (Fsp3) is 0.667. The molecule has 0 aliphatic rings. The molecule has 31 heteroatoms. The number of aliphatic carboxylic acids is 3. The summed E-state index contributed by atoms with van der Waals surface area (Å²) in [6, 6.07) is -13.7. The number of hydrogen-bond donors (Lipinski definition) is 17. The van der Waals surface area contributed by atoms with Crippen LogP contribution in [-0.4, -0.2) is 181 Å². The van der Waals surface area contributed by atoms with Crippen LogP contribution >= 0.6 is 0 Å². The fourth-order valence-corrected chi connectivity index (χ4v) is 7.35. The fourth-order valence-electron chi connectivity index (χ4n) is 7.35. The van der Waals surface area contributed by atoms with E-state index < -0.39 is 207 Å². The van der Waals surface area contributed by atoms with E-state index in [2.05, 4.69) is 57.8 Å². The number of nitrogens with two attached hydrogens (primary N) is 3. The Bertz CT molecular complexity index is 2250. The highest BCUT2D eigenvalue weighted by Gasteiger charge is 2.37. The van der Waals surface area contributed by atoms with Crippen LogP contribution in [0.4, 0.5) is 0 Å². The van der Waals surface area contributed by atoms with Gasteiger partial charge in [0.25, 0.3) is 0 Å². The number of aliphatic hydroxyl groups excluding tert-OH is 1. The Kier molecular flexibility index (Phi) is 31.2. The molecule has 31 nitrogen and oxygen atoms in total. The van der Waals surface area contributed by atoms with Crippen LogP contribution in [0, 0.1) is 17.8 Å². The molecule has 0 aromatic carbocycles. The van der Waals surface area contributed by atoms with Crippen molar-refractivity contribution in [2.75, 3.05) is 19.7 Å². The van der Waals surface area contributed by atoms with Crippen molar-refractivity contribution in [3.05, 3.63) is 18.2 Å². The third kappa shape index (κ3) is 25.9. The average molecular weight is 1130 g/mol. The highest BCUT2D eigenvalue weighted by Crippen LogP contribution is 2.13. The van der Waals surface area contributed by atoms with Gasteiger partial charge >= 0.3 is 17.9 Å². The zero-order valence-electron chi connectivity index (χ0n) is 45.3. The molecule has 1 rings (SSSR count). The summed E-state index contributed by atoms with van der Waals surface area (Å²) in [7, 11) is 0. The first-order chi connectivity index (χ1) is 37.1. The second-order valence-corrected chi connectivity index (χ2v) is 19.5. The van der Waals surface area contributed by atoms with Gasteiger partial charge in [-0.2, -0.15) is 0 Å². The van der Waals surface area contributed by atoms with E-state index in [1.165, 1.54) is 12.5 Å².